The molecule has 0 fully saturated rings. The fraction of sp³-hybridized carbons (Fsp3) is 0.438. The Bertz CT molecular complexity index is 650. The number of benzene rings is 1. The Balaban J connectivity index is 2.02. The van der Waals surface area contributed by atoms with Gasteiger partial charge in [-0.15, -0.1) is 0 Å². The number of aromatic nitrogens is 2. The van der Waals surface area contributed by atoms with E-state index in [-0.39, 0.29) is 0 Å². The van der Waals surface area contributed by atoms with Gasteiger partial charge >= 0.3 is 0 Å². The Labute approximate surface area is 127 Å². The third-order valence-corrected chi connectivity index (χ3v) is 5.31. The predicted octanol–water partition coefficient (Wildman–Crippen LogP) is 3.26. The number of halogens is 1. The molecule has 0 saturated carbocycles. The van der Waals surface area contributed by atoms with Gasteiger partial charge < -0.3 is 5.11 Å². The maximum atomic E-state index is 11.2. The van der Waals surface area contributed by atoms with Gasteiger partial charge in [0.15, 0.2) is 0 Å². The van der Waals surface area contributed by atoms with Crippen LogP contribution in [0.3, 0.4) is 0 Å². The first-order valence-electron chi connectivity index (χ1n) is 7.00. The van der Waals surface area contributed by atoms with Gasteiger partial charge in [0.2, 0.25) is 0 Å². The standard InChI is InChI=1S/C16H19BrN2O/c1-11-15(17)14(19(2)18-11)10-16(20)9-5-7-12-6-3-4-8-13(12)16/h3-4,6,8,20H,5,7,9-10H2,1-2H3. The van der Waals surface area contributed by atoms with Crippen molar-refractivity contribution in [2.45, 2.75) is 38.2 Å². The maximum Gasteiger partial charge on any atom is 0.0954 e. The molecule has 1 aromatic carbocycles. The number of nitrogens with zero attached hydrogens (tertiary/aromatic N) is 2. The first-order chi connectivity index (χ1) is 9.51. The summed E-state index contributed by atoms with van der Waals surface area (Å²) in [7, 11) is 1.94. The molecular formula is C16H19BrN2O. The number of rotatable bonds is 2. The highest BCUT2D eigenvalue weighted by Gasteiger charge is 2.35. The van der Waals surface area contributed by atoms with E-state index in [0.29, 0.717) is 6.42 Å². The Morgan fingerprint density at radius 2 is 2.15 bits per heavy atom. The monoisotopic (exact) mass is 334 g/mol. The van der Waals surface area contributed by atoms with Crippen molar-refractivity contribution >= 4 is 15.9 Å². The van der Waals surface area contributed by atoms with Crippen molar-refractivity contribution < 1.29 is 5.11 Å². The average molecular weight is 335 g/mol. The lowest BCUT2D eigenvalue weighted by atomic mass is 9.76. The van der Waals surface area contributed by atoms with Crippen molar-refractivity contribution in [2.75, 3.05) is 0 Å². The van der Waals surface area contributed by atoms with E-state index in [2.05, 4.69) is 39.2 Å². The molecule has 1 atom stereocenters. The topological polar surface area (TPSA) is 38.0 Å². The van der Waals surface area contributed by atoms with E-state index in [1.165, 1.54) is 5.56 Å². The molecule has 1 aliphatic carbocycles. The highest BCUT2D eigenvalue weighted by atomic mass is 79.9. The van der Waals surface area contributed by atoms with E-state index in [1.54, 1.807) is 0 Å². The lowest BCUT2D eigenvalue weighted by Gasteiger charge is -2.34. The van der Waals surface area contributed by atoms with E-state index in [0.717, 1.165) is 40.7 Å². The summed E-state index contributed by atoms with van der Waals surface area (Å²) in [5.41, 5.74) is 3.60. The van der Waals surface area contributed by atoms with Crippen molar-refractivity contribution in [3.05, 3.63) is 51.3 Å². The fourth-order valence-corrected chi connectivity index (χ4v) is 3.71. The SMILES string of the molecule is Cc1nn(C)c(CC2(O)CCCc3ccccc32)c1Br. The van der Waals surface area contributed by atoms with Gasteiger partial charge in [0, 0.05) is 13.5 Å². The predicted molar refractivity (Wildman–Crippen MR) is 82.6 cm³/mol. The minimum Gasteiger partial charge on any atom is -0.385 e. The van der Waals surface area contributed by atoms with Crippen LogP contribution in [0.15, 0.2) is 28.7 Å². The van der Waals surface area contributed by atoms with E-state index in [1.807, 2.05) is 24.7 Å². The minimum atomic E-state index is -0.780. The van der Waals surface area contributed by atoms with Crippen molar-refractivity contribution in [2.24, 2.45) is 7.05 Å². The zero-order chi connectivity index (χ0) is 14.3. The molecule has 0 aliphatic heterocycles. The molecule has 0 saturated heterocycles. The first kappa shape index (κ1) is 13.8. The third-order valence-electron chi connectivity index (χ3n) is 4.28. The Kier molecular flexibility index (Phi) is 3.46. The van der Waals surface area contributed by atoms with Crippen LogP contribution in [0.4, 0.5) is 0 Å². The molecule has 106 valence electrons. The quantitative estimate of drug-likeness (QED) is 0.915. The highest BCUT2D eigenvalue weighted by molar-refractivity contribution is 9.10. The van der Waals surface area contributed by atoms with Crippen LogP contribution in [0.1, 0.15) is 35.4 Å². The van der Waals surface area contributed by atoms with Crippen LogP contribution in [0.2, 0.25) is 0 Å². The lowest BCUT2D eigenvalue weighted by molar-refractivity contribution is 0.0171. The summed E-state index contributed by atoms with van der Waals surface area (Å²) in [6.07, 6.45) is 3.49. The molecule has 1 N–H and O–H groups in total. The van der Waals surface area contributed by atoms with Gasteiger partial charge in [-0.3, -0.25) is 4.68 Å². The van der Waals surface area contributed by atoms with Gasteiger partial charge in [0.25, 0.3) is 0 Å². The van der Waals surface area contributed by atoms with Gasteiger partial charge in [-0.05, 0) is 53.2 Å². The molecule has 1 heterocycles. The summed E-state index contributed by atoms with van der Waals surface area (Å²) < 4.78 is 2.88. The smallest absolute Gasteiger partial charge is 0.0954 e. The molecule has 3 nitrogen and oxygen atoms in total. The van der Waals surface area contributed by atoms with Crippen LogP contribution in [-0.4, -0.2) is 14.9 Å². The van der Waals surface area contributed by atoms with Crippen LogP contribution in [0.25, 0.3) is 0 Å². The maximum absolute atomic E-state index is 11.2. The minimum absolute atomic E-state index is 0.599. The van der Waals surface area contributed by atoms with E-state index >= 15 is 0 Å². The highest BCUT2D eigenvalue weighted by Crippen LogP contribution is 2.39. The number of hydrogen-bond donors (Lipinski definition) is 1. The van der Waals surface area contributed by atoms with Gasteiger partial charge in [-0.1, -0.05) is 24.3 Å². The second-order valence-electron chi connectivity index (χ2n) is 5.69. The van der Waals surface area contributed by atoms with E-state index in [4.69, 9.17) is 0 Å². The van der Waals surface area contributed by atoms with Crippen molar-refractivity contribution in [1.29, 1.82) is 0 Å². The normalized spacial score (nSPS) is 21.8. The second-order valence-corrected chi connectivity index (χ2v) is 6.48. The molecular weight excluding hydrogens is 316 g/mol. The molecule has 20 heavy (non-hydrogen) atoms. The van der Waals surface area contributed by atoms with Crippen LogP contribution in [-0.2, 0) is 25.5 Å². The number of aliphatic hydroxyl groups is 1. The molecule has 1 unspecified atom stereocenters. The van der Waals surface area contributed by atoms with Gasteiger partial charge in [-0.25, -0.2) is 0 Å². The second kappa shape index (κ2) is 5.01. The molecule has 0 radical (unpaired) electrons. The largest absolute Gasteiger partial charge is 0.385 e. The van der Waals surface area contributed by atoms with Crippen LogP contribution in [0.5, 0.6) is 0 Å². The van der Waals surface area contributed by atoms with Gasteiger partial charge in [-0.2, -0.15) is 5.10 Å². The van der Waals surface area contributed by atoms with Crippen LogP contribution in [0, 0.1) is 6.92 Å². The third kappa shape index (κ3) is 2.21. The lowest BCUT2D eigenvalue weighted by Crippen LogP contribution is -2.33. The zero-order valence-corrected chi connectivity index (χ0v) is 13.4. The van der Waals surface area contributed by atoms with Crippen LogP contribution < -0.4 is 0 Å². The zero-order valence-electron chi connectivity index (χ0n) is 11.9. The molecule has 0 spiro atoms. The van der Waals surface area contributed by atoms with Gasteiger partial charge in [0.1, 0.15) is 0 Å². The Hall–Kier alpha value is -1.13. The average Bonchev–Trinajstić information content (AvgIpc) is 2.66. The Morgan fingerprint density at radius 3 is 2.85 bits per heavy atom. The fourth-order valence-electron chi connectivity index (χ4n) is 3.23. The molecule has 0 amide bonds. The summed E-state index contributed by atoms with van der Waals surface area (Å²) in [6, 6.07) is 8.25. The molecule has 1 aromatic heterocycles. The summed E-state index contributed by atoms with van der Waals surface area (Å²) >= 11 is 3.60. The Morgan fingerprint density at radius 1 is 1.40 bits per heavy atom. The summed E-state index contributed by atoms with van der Waals surface area (Å²) in [6.45, 7) is 1.98. The van der Waals surface area contributed by atoms with Crippen LogP contribution >= 0.6 is 15.9 Å². The van der Waals surface area contributed by atoms with Crippen molar-refractivity contribution in [3.8, 4) is 0 Å². The molecule has 2 aromatic rings. The summed E-state index contributed by atoms with van der Waals surface area (Å²) in [4.78, 5) is 0. The number of aryl methyl sites for hydroxylation is 3. The summed E-state index contributed by atoms with van der Waals surface area (Å²) in [5, 5.41) is 15.6. The van der Waals surface area contributed by atoms with Crippen molar-refractivity contribution in [1.82, 2.24) is 9.78 Å². The van der Waals surface area contributed by atoms with E-state index < -0.39 is 5.60 Å². The number of hydrogen-bond acceptors (Lipinski definition) is 2. The van der Waals surface area contributed by atoms with E-state index in [9.17, 15) is 5.11 Å². The molecule has 4 heteroatoms. The van der Waals surface area contributed by atoms with Crippen molar-refractivity contribution in [3.63, 3.8) is 0 Å². The molecule has 0 bridgehead atoms. The first-order valence-corrected chi connectivity index (χ1v) is 7.79. The van der Waals surface area contributed by atoms with Gasteiger partial charge in [0.05, 0.1) is 21.5 Å². The molecule has 1 aliphatic rings. The molecule has 3 rings (SSSR count). The summed E-state index contributed by atoms with van der Waals surface area (Å²) in [5.74, 6) is 0. The number of fused-ring (bicyclic) bond motifs is 1.